The Hall–Kier alpha value is -1.39. The van der Waals surface area contributed by atoms with Crippen molar-refractivity contribution in [1.82, 2.24) is 4.90 Å². The van der Waals surface area contributed by atoms with Gasteiger partial charge in [-0.05, 0) is 49.3 Å². The van der Waals surface area contributed by atoms with E-state index in [4.69, 9.17) is 5.11 Å². The first-order valence-electron chi connectivity index (χ1n) is 8.66. The molecule has 23 heavy (non-hydrogen) atoms. The summed E-state index contributed by atoms with van der Waals surface area (Å²) in [6, 6.07) is 8.47. The van der Waals surface area contributed by atoms with Gasteiger partial charge in [-0.1, -0.05) is 39.0 Å². The number of hydrogen-bond acceptors (Lipinski definition) is 3. The summed E-state index contributed by atoms with van der Waals surface area (Å²) in [4.78, 5) is 14.7. The largest absolute Gasteiger partial charge is 0.396 e. The number of nitrogens with one attached hydrogen (secondary N) is 1. The Bertz CT molecular complexity index is 522. The fourth-order valence-corrected chi connectivity index (χ4v) is 3.38. The van der Waals surface area contributed by atoms with Crippen molar-refractivity contribution in [2.75, 3.05) is 25.0 Å². The van der Waals surface area contributed by atoms with E-state index in [1.165, 1.54) is 0 Å². The summed E-state index contributed by atoms with van der Waals surface area (Å²) in [7, 11) is 0. The van der Waals surface area contributed by atoms with Crippen molar-refractivity contribution in [2.45, 2.75) is 57.9 Å². The van der Waals surface area contributed by atoms with Gasteiger partial charge in [0, 0.05) is 18.3 Å². The molecule has 0 saturated carbocycles. The first-order valence-corrected chi connectivity index (χ1v) is 8.66. The summed E-state index contributed by atoms with van der Waals surface area (Å²) < 4.78 is 0. The van der Waals surface area contributed by atoms with Crippen molar-refractivity contribution in [3.8, 4) is 0 Å². The van der Waals surface area contributed by atoms with E-state index in [2.05, 4.69) is 37.1 Å². The molecule has 1 saturated heterocycles. The Labute approximate surface area is 139 Å². The number of hydrogen-bond donors (Lipinski definition) is 2. The van der Waals surface area contributed by atoms with E-state index in [9.17, 15) is 4.79 Å². The summed E-state index contributed by atoms with van der Waals surface area (Å²) in [5, 5.41) is 12.1. The van der Waals surface area contributed by atoms with Gasteiger partial charge in [-0.2, -0.15) is 0 Å². The number of para-hydroxylation sites is 1. The third-order valence-corrected chi connectivity index (χ3v) is 4.55. The summed E-state index contributed by atoms with van der Waals surface area (Å²) in [5.74, 6) is 0.0533. The lowest BCUT2D eigenvalue weighted by Crippen LogP contribution is -2.37. The van der Waals surface area contributed by atoms with Crippen LogP contribution in [0.5, 0.6) is 0 Å². The van der Waals surface area contributed by atoms with Crippen LogP contribution in [0.2, 0.25) is 0 Å². The first kappa shape index (κ1) is 18.0. The van der Waals surface area contributed by atoms with Crippen LogP contribution in [0.1, 0.15) is 52.0 Å². The SMILES string of the molecule is CC(C)(C)c1ccccc1NC(=O)CN1CCCC1CCCO. The highest BCUT2D eigenvalue weighted by Crippen LogP contribution is 2.29. The molecule has 1 aliphatic heterocycles. The van der Waals surface area contributed by atoms with E-state index >= 15 is 0 Å². The van der Waals surface area contributed by atoms with Gasteiger partial charge in [-0.25, -0.2) is 0 Å². The van der Waals surface area contributed by atoms with Crippen molar-refractivity contribution < 1.29 is 9.90 Å². The lowest BCUT2D eigenvalue weighted by molar-refractivity contribution is -0.117. The summed E-state index contributed by atoms with van der Waals surface area (Å²) in [5.41, 5.74) is 2.07. The normalized spacial score (nSPS) is 19.0. The number of benzene rings is 1. The third kappa shape index (κ3) is 5.05. The molecular formula is C19H30N2O2. The van der Waals surface area contributed by atoms with Crippen LogP contribution in [0.15, 0.2) is 24.3 Å². The molecule has 0 bridgehead atoms. The lowest BCUT2D eigenvalue weighted by Gasteiger charge is -2.25. The maximum atomic E-state index is 12.5. The predicted octanol–water partition coefficient (Wildman–Crippen LogP) is 3.16. The van der Waals surface area contributed by atoms with Crippen LogP contribution >= 0.6 is 0 Å². The molecule has 2 rings (SSSR count). The van der Waals surface area contributed by atoms with E-state index < -0.39 is 0 Å². The predicted molar refractivity (Wildman–Crippen MR) is 94.7 cm³/mol. The van der Waals surface area contributed by atoms with Gasteiger partial charge < -0.3 is 10.4 Å². The van der Waals surface area contributed by atoms with Gasteiger partial charge in [0.1, 0.15) is 0 Å². The lowest BCUT2D eigenvalue weighted by atomic mass is 9.86. The number of aliphatic hydroxyl groups excluding tert-OH is 1. The average Bonchev–Trinajstić information content (AvgIpc) is 2.91. The minimum absolute atomic E-state index is 0.00117. The molecule has 1 fully saturated rings. The fourth-order valence-electron chi connectivity index (χ4n) is 3.38. The Morgan fingerprint density at radius 3 is 2.78 bits per heavy atom. The van der Waals surface area contributed by atoms with Gasteiger partial charge in [-0.3, -0.25) is 9.69 Å². The highest BCUT2D eigenvalue weighted by Gasteiger charge is 2.26. The van der Waals surface area contributed by atoms with Gasteiger partial charge in [0.2, 0.25) is 5.91 Å². The van der Waals surface area contributed by atoms with Crippen LogP contribution in [0.4, 0.5) is 5.69 Å². The number of amides is 1. The van der Waals surface area contributed by atoms with Crippen molar-refractivity contribution in [1.29, 1.82) is 0 Å². The molecule has 0 aromatic heterocycles. The van der Waals surface area contributed by atoms with Gasteiger partial charge in [0.25, 0.3) is 0 Å². The van der Waals surface area contributed by atoms with Crippen LogP contribution in [-0.4, -0.2) is 41.7 Å². The molecule has 1 amide bonds. The molecule has 4 nitrogen and oxygen atoms in total. The zero-order valence-corrected chi connectivity index (χ0v) is 14.6. The fraction of sp³-hybridized carbons (Fsp3) is 0.632. The molecule has 0 radical (unpaired) electrons. The zero-order valence-electron chi connectivity index (χ0n) is 14.6. The van der Waals surface area contributed by atoms with Crippen LogP contribution < -0.4 is 5.32 Å². The number of carbonyl (C=O) groups excluding carboxylic acids is 1. The zero-order chi connectivity index (χ0) is 16.9. The molecule has 1 aromatic rings. The quantitative estimate of drug-likeness (QED) is 0.847. The Morgan fingerprint density at radius 1 is 1.35 bits per heavy atom. The monoisotopic (exact) mass is 318 g/mol. The molecule has 2 N–H and O–H groups in total. The highest BCUT2D eigenvalue weighted by atomic mass is 16.3. The smallest absolute Gasteiger partial charge is 0.238 e. The van der Waals surface area contributed by atoms with Crippen LogP contribution in [0, 0.1) is 0 Å². The molecule has 1 aliphatic rings. The van der Waals surface area contributed by atoms with Crippen LogP contribution in [0.3, 0.4) is 0 Å². The van der Waals surface area contributed by atoms with Gasteiger partial charge >= 0.3 is 0 Å². The molecule has 0 spiro atoms. The van der Waals surface area contributed by atoms with Crippen molar-refractivity contribution in [2.24, 2.45) is 0 Å². The topological polar surface area (TPSA) is 52.6 Å². The van der Waals surface area contributed by atoms with E-state index in [0.717, 1.165) is 43.5 Å². The number of likely N-dealkylation sites (tertiary alicyclic amines) is 1. The minimum Gasteiger partial charge on any atom is -0.396 e. The minimum atomic E-state index is 0.00117. The van der Waals surface area contributed by atoms with Crippen molar-refractivity contribution in [3.05, 3.63) is 29.8 Å². The van der Waals surface area contributed by atoms with Gasteiger partial charge in [0.15, 0.2) is 0 Å². The molecule has 128 valence electrons. The van der Waals surface area contributed by atoms with Crippen molar-refractivity contribution in [3.63, 3.8) is 0 Å². The molecule has 1 aromatic carbocycles. The molecule has 0 aliphatic carbocycles. The highest BCUT2D eigenvalue weighted by molar-refractivity contribution is 5.93. The molecule has 1 unspecified atom stereocenters. The Morgan fingerprint density at radius 2 is 2.09 bits per heavy atom. The van der Waals surface area contributed by atoms with E-state index in [0.29, 0.717) is 12.6 Å². The Balaban J connectivity index is 1.98. The van der Waals surface area contributed by atoms with Gasteiger partial charge in [0.05, 0.1) is 6.54 Å². The number of carbonyl (C=O) groups is 1. The second kappa shape index (κ2) is 7.93. The van der Waals surface area contributed by atoms with Crippen LogP contribution in [-0.2, 0) is 10.2 Å². The third-order valence-electron chi connectivity index (χ3n) is 4.55. The average molecular weight is 318 g/mol. The number of aliphatic hydroxyl groups is 1. The molecule has 1 atom stereocenters. The van der Waals surface area contributed by atoms with Crippen molar-refractivity contribution >= 4 is 11.6 Å². The van der Waals surface area contributed by atoms with Gasteiger partial charge in [-0.15, -0.1) is 0 Å². The summed E-state index contributed by atoms with van der Waals surface area (Å²) >= 11 is 0. The van der Waals surface area contributed by atoms with E-state index in [1.807, 2.05) is 18.2 Å². The van der Waals surface area contributed by atoms with E-state index in [-0.39, 0.29) is 17.9 Å². The number of anilines is 1. The maximum Gasteiger partial charge on any atom is 0.238 e. The first-order chi connectivity index (χ1) is 10.9. The summed E-state index contributed by atoms with van der Waals surface area (Å²) in [6.07, 6.45) is 4.06. The van der Waals surface area contributed by atoms with Crippen LogP contribution in [0.25, 0.3) is 0 Å². The summed E-state index contributed by atoms with van der Waals surface area (Å²) in [6.45, 7) is 8.12. The second-order valence-corrected chi connectivity index (χ2v) is 7.48. The second-order valence-electron chi connectivity index (χ2n) is 7.48. The molecular weight excluding hydrogens is 288 g/mol. The number of rotatable bonds is 6. The molecule has 4 heteroatoms. The Kier molecular flexibility index (Phi) is 6.19. The maximum absolute atomic E-state index is 12.5. The standard InChI is InChI=1S/C19H30N2O2/c1-19(2,3)16-10-4-5-11-17(16)20-18(23)14-21-12-6-8-15(21)9-7-13-22/h4-5,10-11,15,22H,6-9,12-14H2,1-3H3,(H,20,23). The van der Waals surface area contributed by atoms with E-state index in [1.54, 1.807) is 0 Å². The number of nitrogens with zero attached hydrogens (tertiary/aromatic N) is 1. The molecule has 1 heterocycles.